The molecule has 0 aliphatic rings. The van der Waals surface area contributed by atoms with Gasteiger partial charge in [0.1, 0.15) is 0 Å². The minimum atomic E-state index is -0.153. The molecule has 21 heavy (non-hydrogen) atoms. The zero-order chi connectivity index (χ0) is 15.8. The van der Waals surface area contributed by atoms with E-state index in [4.69, 9.17) is 0 Å². The molecule has 0 unspecified atom stereocenters. The fourth-order valence-corrected chi connectivity index (χ4v) is 1.99. The van der Waals surface area contributed by atoms with Gasteiger partial charge in [0.15, 0.2) is 0 Å². The maximum Gasteiger partial charge on any atom is 0.316 e. The highest BCUT2D eigenvalue weighted by Gasteiger charge is 2.05. The van der Waals surface area contributed by atoms with Gasteiger partial charge in [0.2, 0.25) is 5.91 Å². The van der Waals surface area contributed by atoms with E-state index >= 15 is 0 Å². The number of rotatable bonds is 6. The van der Waals surface area contributed by atoms with Gasteiger partial charge in [0.25, 0.3) is 0 Å². The van der Waals surface area contributed by atoms with E-state index in [1.165, 1.54) is 21.6 Å². The second-order valence-electron chi connectivity index (χ2n) is 5.41. The second kappa shape index (κ2) is 8.29. The average Bonchev–Trinajstić information content (AvgIpc) is 2.42. The van der Waals surface area contributed by atoms with Crippen LogP contribution >= 0.6 is 0 Å². The molecule has 1 aromatic rings. The van der Waals surface area contributed by atoms with Gasteiger partial charge < -0.3 is 15.5 Å². The summed E-state index contributed by atoms with van der Waals surface area (Å²) in [7, 11) is 3.36. The summed E-state index contributed by atoms with van der Waals surface area (Å²) in [6, 6.07) is 6.12. The van der Waals surface area contributed by atoms with E-state index in [-0.39, 0.29) is 11.9 Å². The monoisotopic (exact) mass is 291 g/mol. The normalized spacial score (nSPS) is 10.1. The van der Waals surface area contributed by atoms with Gasteiger partial charge in [-0.25, -0.2) is 4.79 Å². The summed E-state index contributed by atoms with van der Waals surface area (Å²) in [4.78, 5) is 24.5. The van der Waals surface area contributed by atoms with Gasteiger partial charge in [-0.3, -0.25) is 4.79 Å². The van der Waals surface area contributed by atoms with Crippen LogP contribution in [0.2, 0.25) is 0 Å². The number of hydrogen-bond donors (Lipinski definition) is 2. The molecule has 0 spiro atoms. The number of amides is 3. The molecule has 0 heterocycles. The molecular weight excluding hydrogens is 266 g/mol. The van der Waals surface area contributed by atoms with Gasteiger partial charge in [-0.2, -0.15) is 0 Å². The molecule has 2 N–H and O–H groups in total. The van der Waals surface area contributed by atoms with Gasteiger partial charge in [0, 0.05) is 33.6 Å². The molecule has 0 atom stereocenters. The highest BCUT2D eigenvalue weighted by Crippen LogP contribution is 2.12. The summed E-state index contributed by atoms with van der Waals surface area (Å²) in [6.07, 6.45) is 1.20. The zero-order valence-electron chi connectivity index (χ0n) is 13.3. The van der Waals surface area contributed by atoms with Crippen molar-refractivity contribution in [3.63, 3.8) is 0 Å². The van der Waals surface area contributed by atoms with Gasteiger partial charge in [-0.15, -0.1) is 0 Å². The largest absolute Gasteiger partial charge is 0.354 e. The van der Waals surface area contributed by atoms with E-state index in [9.17, 15) is 9.59 Å². The maximum atomic E-state index is 11.7. The van der Waals surface area contributed by atoms with Gasteiger partial charge in [-0.1, -0.05) is 23.8 Å². The predicted octanol–water partition coefficient (Wildman–Crippen LogP) is 1.62. The number of aryl methyl sites for hydroxylation is 3. The minimum absolute atomic E-state index is 0.00840. The Morgan fingerprint density at radius 1 is 1.10 bits per heavy atom. The van der Waals surface area contributed by atoms with E-state index in [1.54, 1.807) is 14.1 Å². The molecule has 0 aliphatic carbocycles. The Labute approximate surface area is 126 Å². The summed E-state index contributed by atoms with van der Waals surface area (Å²) in [5.74, 6) is 0.00840. The first-order chi connectivity index (χ1) is 9.90. The smallest absolute Gasteiger partial charge is 0.316 e. The van der Waals surface area contributed by atoms with E-state index in [0.29, 0.717) is 19.5 Å². The number of hydrogen-bond acceptors (Lipinski definition) is 2. The molecule has 0 saturated carbocycles. The number of carbonyl (C=O) groups is 2. The molecule has 0 aromatic heterocycles. The number of urea groups is 1. The summed E-state index contributed by atoms with van der Waals surface area (Å²) < 4.78 is 0. The molecule has 116 valence electrons. The fraction of sp³-hybridized carbons (Fsp3) is 0.500. The van der Waals surface area contributed by atoms with Crippen LogP contribution < -0.4 is 10.6 Å². The SMILES string of the molecule is Cc1ccc(CCC(=O)NCCNC(=O)N(C)C)c(C)c1. The second-order valence-corrected chi connectivity index (χ2v) is 5.41. The number of nitrogens with one attached hydrogen (secondary N) is 2. The van der Waals surface area contributed by atoms with Crippen LogP contribution in [0, 0.1) is 13.8 Å². The van der Waals surface area contributed by atoms with Crippen molar-refractivity contribution in [3.05, 3.63) is 34.9 Å². The first-order valence-corrected chi connectivity index (χ1v) is 7.18. The Kier molecular flexibility index (Phi) is 6.72. The predicted molar refractivity (Wildman–Crippen MR) is 84.3 cm³/mol. The number of nitrogens with zero attached hydrogens (tertiary/aromatic N) is 1. The Morgan fingerprint density at radius 2 is 1.76 bits per heavy atom. The van der Waals surface area contributed by atoms with E-state index < -0.39 is 0 Å². The summed E-state index contributed by atoms with van der Waals surface area (Å²) in [5.41, 5.74) is 3.66. The number of benzene rings is 1. The third-order valence-corrected chi connectivity index (χ3v) is 3.25. The fourth-order valence-electron chi connectivity index (χ4n) is 1.99. The van der Waals surface area contributed by atoms with Crippen LogP contribution in [0.5, 0.6) is 0 Å². The number of carbonyl (C=O) groups excluding carboxylic acids is 2. The molecule has 1 aromatic carbocycles. The van der Waals surface area contributed by atoms with E-state index in [0.717, 1.165) is 6.42 Å². The highest BCUT2D eigenvalue weighted by atomic mass is 16.2. The standard InChI is InChI=1S/C16H25N3O2/c1-12-5-6-14(13(2)11-12)7-8-15(20)17-9-10-18-16(21)19(3)4/h5-6,11H,7-10H2,1-4H3,(H,17,20)(H,18,21). The van der Waals surface area contributed by atoms with Crippen molar-refractivity contribution in [2.24, 2.45) is 0 Å². The third-order valence-electron chi connectivity index (χ3n) is 3.25. The zero-order valence-corrected chi connectivity index (χ0v) is 13.3. The van der Waals surface area contributed by atoms with E-state index in [2.05, 4.69) is 42.7 Å². The average molecular weight is 291 g/mol. The van der Waals surface area contributed by atoms with Gasteiger partial charge in [0.05, 0.1) is 0 Å². The van der Waals surface area contributed by atoms with Crippen molar-refractivity contribution in [3.8, 4) is 0 Å². The van der Waals surface area contributed by atoms with Crippen LogP contribution in [0.3, 0.4) is 0 Å². The van der Waals surface area contributed by atoms with Crippen molar-refractivity contribution >= 4 is 11.9 Å². The Morgan fingerprint density at radius 3 is 2.38 bits per heavy atom. The first-order valence-electron chi connectivity index (χ1n) is 7.18. The molecule has 0 radical (unpaired) electrons. The topological polar surface area (TPSA) is 61.4 Å². The van der Waals surface area contributed by atoms with Crippen LogP contribution in [0.4, 0.5) is 4.79 Å². The van der Waals surface area contributed by atoms with Gasteiger partial charge in [-0.05, 0) is 31.4 Å². The molecule has 3 amide bonds. The summed E-state index contributed by atoms with van der Waals surface area (Å²) >= 11 is 0. The van der Waals surface area contributed by atoms with Gasteiger partial charge >= 0.3 is 6.03 Å². The van der Waals surface area contributed by atoms with Crippen molar-refractivity contribution in [2.45, 2.75) is 26.7 Å². The maximum absolute atomic E-state index is 11.7. The lowest BCUT2D eigenvalue weighted by Crippen LogP contribution is -2.39. The molecule has 0 saturated heterocycles. The van der Waals surface area contributed by atoms with Crippen LogP contribution in [0.25, 0.3) is 0 Å². The molecule has 5 nitrogen and oxygen atoms in total. The summed E-state index contributed by atoms with van der Waals surface area (Å²) in [5, 5.41) is 5.50. The van der Waals surface area contributed by atoms with Crippen molar-refractivity contribution in [1.82, 2.24) is 15.5 Å². The van der Waals surface area contributed by atoms with Crippen LogP contribution in [0.15, 0.2) is 18.2 Å². The molecule has 1 rings (SSSR count). The van der Waals surface area contributed by atoms with Crippen LogP contribution in [0.1, 0.15) is 23.1 Å². The summed E-state index contributed by atoms with van der Waals surface area (Å²) in [6.45, 7) is 5.01. The molecule has 0 fully saturated rings. The first kappa shape index (κ1) is 17.0. The van der Waals surface area contributed by atoms with Crippen LogP contribution in [-0.4, -0.2) is 44.0 Å². The lowest BCUT2D eigenvalue weighted by molar-refractivity contribution is -0.121. The quantitative estimate of drug-likeness (QED) is 0.783. The molecule has 0 bridgehead atoms. The molecule has 0 aliphatic heterocycles. The van der Waals surface area contributed by atoms with Crippen molar-refractivity contribution in [1.29, 1.82) is 0 Å². The molecule has 5 heteroatoms. The Bertz CT molecular complexity index is 498. The molecular formula is C16H25N3O2. The van der Waals surface area contributed by atoms with Crippen molar-refractivity contribution < 1.29 is 9.59 Å². The van der Waals surface area contributed by atoms with E-state index in [1.807, 2.05) is 0 Å². The van der Waals surface area contributed by atoms with Crippen LogP contribution in [-0.2, 0) is 11.2 Å². The minimum Gasteiger partial charge on any atom is -0.354 e. The lowest BCUT2D eigenvalue weighted by Gasteiger charge is -2.12. The Hall–Kier alpha value is -2.04. The Balaban J connectivity index is 2.24. The highest BCUT2D eigenvalue weighted by molar-refractivity contribution is 5.76. The third kappa shape index (κ3) is 6.29. The lowest BCUT2D eigenvalue weighted by atomic mass is 10.0. The van der Waals surface area contributed by atoms with Crippen molar-refractivity contribution in [2.75, 3.05) is 27.2 Å².